The molecule has 4 heteroatoms. The number of rotatable bonds is 2. The largest absolute Gasteiger partial charge is 0.379 e. The SMILES string of the molecule is O=C(CN1CCOCC1)N1CCCC1. The zero-order valence-electron chi connectivity index (χ0n) is 8.57. The third-order valence-electron chi connectivity index (χ3n) is 2.92. The van der Waals surface area contributed by atoms with Gasteiger partial charge < -0.3 is 9.64 Å². The average molecular weight is 198 g/mol. The van der Waals surface area contributed by atoms with Crippen molar-refractivity contribution in [2.45, 2.75) is 12.8 Å². The molecule has 80 valence electrons. The molecule has 2 rings (SSSR count). The van der Waals surface area contributed by atoms with Crippen molar-refractivity contribution in [2.75, 3.05) is 45.9 Å². The van der Waals surface area contributed by atoms with Gasteiger partial charge in [-0.3, -0.25) is 9.69 Å². The highest BCUT2D eigenvalue weighted by atomic mass is 16.5. The van der Waals surface area contributed by atoms with Crippen LogP contribution in [0.4, 0.5) is 0 Å². The molecule has 0 atom stereocenters. The minimum atomic E-state index is 0.296. The van der Waals surface area contributed by atoms with Crippen LogP contribution in [0.15, 0.2) is 0 Å². The van der Waals surface area contributed by atoms with Crippen molar-refractivity contribution >= 4 is 5.91 Å². The monoisotopic (exact) mass is 198 g/mol. The van der Waals surface area contributed by atoms with Crippen LogP contribution in [0.5, 0.6) is 0 Å². The Hall–Kier alpha value is -0.610. The average Bonchev–Trinajstić information content (AvgIpc) is 2.72. The molecule has 2 heterocycles. The number of carbonyl (C=O) groups is 1. The Bertz CT molecular complexity index is 196. The molecule has 14 heavy (non-hydrogen) atoms. The van der Waals surface area contributed by atoms with E-state index in [4.69, 9.17) is 4.74 Å². The summed E-state index contributed by atoms with van der Waals surface area (Å²) in [5.41, 5.74) is 0. The summed E-state index contributed by atoms with van der Waals surface area (Å²) < 4.78 is 5.24. The van der Waals surface area contributed by atoms with E-state index in [1.807, 2.05) is 4.90 Å². The van der Waals surface area contributed by atoms with Crippen molar-refractivity contribution in [3.8, 4) is 0 Å². The van der Waals surface area contributed by atoms with Gasteiger partial charge in [-0.1, -0.05) is 0 Å². The molecule has 0 aromatic heterocycles. The van der Waals surface area contributed by atoms with Crippen LogP contribution in [0, 0.1) is 0 Å². The first-order chi connectivity index (χ1) is 6.86. The summed E-state index contributed by atoms with van der Waals surface area (Å²) in [6.45, 7) is 5.86. The Morgan fingerprint density at radius 2 is 1.71 bits per heavy atom. The Labute approximate surface area is 84.8 Å². The second kappa shape index (κ2) is 4.75. The number of likely N-dealkylation sites (tertiary alicyclic amines) is 1. The molecular formula is C10H18N2O2. The summed E-state index contributed by atoms with van der Waals surface area (Å²) >= 11 is 0. The maximum absolute atomic E-state index is 11.8. The Balaban J connectivity index is 1.75. The molecule has 0 aliphatic carbocycles. The van der Waals surface area contributed by atoms with Crippen molar-refractivity contribution in [1.29, 1.82) is 0 Å². The van der Waals surface area contributed by atoms with Gasteiger partial charge in [0.2, 0.25) is 5.91 Å². The number of amides is 1. The molecule has 2 saturated heterocycles. The minimum Gasteiger partial charge on any atom is -0.379 e. The molecule has 1 amide bonds. The van der Waals surface area contributed by atoms with Crippen LogP contribution in [-0.4, -0.2) is 61.6 Å². The number of hydrogen-bond acceptors (Lipinski definition) is 3. The summed E-state index contributed by atoms with van der Waals surface area (Å²) in [5, 5.41) is 0. The summed E-state index contributed by atoms with van der Waals surface area (Å²) in [6, 6.07) is 0. The van der Waals surface area contributed by atoms with Gasteiger partial charge in [-0.05, 0) is 12.8 Å². The van der Waals surface area contributed by atoms with E-state index in [0.29, 0.717) is 12.5 Å². The predicted octanol–water partition coefficient (Wildman–Crippen LogP) is -0.0590. The maximum Gasteiger partial charge on any atom is 0.236 e. The number of carbonyl (C=O) groups excluding carboxylic acids is 1. The van der Waals surface area contributed by atoms with Crippen molar-refractivity contribution in [2.24, 2.45) is 0 Å². The Kier molecular flexibility index (Phi) is 3.37. The van der Waals surface area contributed by atoms with Gasteiger partial charge in [0.25, 0.3) is 0 Å². The fourth-order valence-electron chi connectivity index (χ4n) is 2.02. The highest BCUT2D eigenvalue weighted by Crippen LogP contribution is 2.08. The van der Waals surface area contributed by atoms with E-state index in [9.17, 15) is 4.79 Å². The van der Waals surface area contributed by atoms with E-state index in [1.165, 1.54) is 12.8 Å². The Morgan fingerprint density at radius 1 is 1.07 bits per heavy atom. The molecule has 0 bridgehead atoms. The molecule has 2 aliphatic rings. The number of ether oxygens (including phenoxy) is 1. The van der Waals surface area contributed by atoms with E-state index in [-0.39, 0.29) is 0 Å². The normalized spacial score (nSPS) is 24.1. The molecule has 0 saturated carbocycles. The van der Waals surface area contributed by atoms with Crippen LogP contribution in [0.3, 0.4) is 0 Å². The first-order valence-electron chi connectivity index (χ1n) is 5.44. The summed E-state index contributed by atoms with van der Waals surface area (Å²) in [7, 11) is 0. The van der Waals surface area contributed by atoms with E-state index in [1.54, 1.807) is 0 Å². The minimum absolute atomic E-state index is 0.296. The van der Waals surface area contributed by atoms with Gasteiger partial charge in [0.1, 0.15) is 0 Å². The van der Waals surface area contributed by atoms with Crippen LogP contribution < -0.4 is 0 Å². The van der Waals surface area contributed by atoms with Gasteiger partial charge in [-0.2, -0.15) is 0 Å². The van der Waals surface area contributed by atoms with E-state index >= 15 is 0 Å². The van der Waals surface area contributed by atoms with Gasteiger partial charge in [-0.25, -0.2) is 0 Å². The van der Waals surface area contributed by atoms with Gasteiger partial charge >= 0.3 is 0 Å². The lowest BCUT2D eigenvalue weighted by Gasteiger charge is -2.27. The molecule has 0 N–H and O–H groups in total. The van der Waals surface area contributed by atoms with Gasteiger partial charge in [0, 0.05) is 26.2 Å². The van der Waals surface area contributed by atoms with E-state index in [0.717, 1.165) is 39.4 Å². The van der Waals surface area contributed by atoms with E-state index < -0.39 is 0 Å². The zero-order valence-corrected chi connectivity index (χ0v) is 8.57. The second-order valence-electron chi connectivity index (χ2n) is 3.98. The summed E-state index contributed by atoms with van der Waals surface area (Å²) in [4.78, 5) is 15.9. The van der Waals surface area contributed by atoms with Crippen LogP contribution in [-0.2, 0) is 9.53 Å². The zero-order chi connectivity index (χ0) is 9.80. The molecule has 0 unspecified atom stereocenters. The lowest BCUT2D eigenvalue weighted by atomic mass is 10.4. The molecule has 2 fully saturated rings. The fraction of sp³-hybridized carbons (Fsp3) is 0.900. The lowest BCUT2D eigenvalue weighted by Crippen LogP contribution is -2.44. The Morgan fingerprint density at radius 3 is 2.36 bits per heavy atom. The highest BCUT2D eigenvalue weighted by Gasteiger charge is 2.21. The number of morpholine rings is 1. The predicted molar refractivity (Wildman–Crippen MR) is 53.1 cm³/mol. The first kappa shape index (κ1) is 9.93. The standard InChI is InChI=1S/C10H18N2O2/c13-10(12-3-1-2-4-12)9-11-5-7-14-8-6-11/h1-9H2. The van der Waals surface area contributed by atoms with Crippen molar-refractivity contribution < 1.29 is 9.53 Å². The topological polar surface area (TPSA) is 32.8 Å². The number of hydrogen-bond donors (Lipinski definition) is 0. The van der Waals surface area contributed by atoms with Crippen molar-refractivity contribution in [1.82, 2.24) is 9.80 Å². The molecule has 0 radical (unpaired) electrons. The molecule has 4 nitrogen and oxygen atoms in total. The van der Waals surface area contributed by atoms with Crippen LogP contribution in [0.1, 0.15) is 12.8 Å². The van der Waals surface area contributed by atoms with Gasteiger partial charge in [0.05, 0.1) is 19.8 Å². The smallest absolute Gasteiger partial charge is 0.236 e. The van der Waals surface area contributed by atoms with Crippen molar-refractivity contribution in [3.05, 3.63) is 0 Å². The molecular weight excluding hydrogens is 180 g/mol. The molecule has 0 aromatic carbocycles. The third kappa shape index (κ3) is 2.45. The quantitative estimate of drug-likeness (QED) is 0.623. The fourth-order valence-corrected chi connectivity index (χ4v) is 2.02. The first-order valence-corrected chi connectivity index (χ1v) is 5.44. The van der Waals surface area contributed by atoms with Crippen molar-refractivity contribution in [3.63, 3.8) is 0 Å². The summed E-state index contributed by atoms with van der Waals surface area (Å²) in [6.07, 6.45) is 2.35. The number of nitrogens with zero attached hydrogens (tertiary/aromatic N) is 2. The lowest BCUT2D eigenvalue weighted by molar-refractivity contribution is -0.132. The van der Waals surface area contributed by atoms with Gasteiger partial charge in [-0.15, -0.1) is 0 Å². The second-order valence-corrected chi connectivity index (χ2v) is 3.98. The van der Waals surface area contributed by atoms with Gasteiger partial charge in [0.15, 0.2) is 0 Å². The highest BCUT2D eigenvalue weighted by molar-refractivity contribution is 5.78. The molecule has 0 spiro atoms. The summed E-state index contributed by atoms with van der Waals surface area (Å²) in [5.74, 6) is 0.296. The van der Waals surface area contributed by atoms with Crippen LogP contribution in [0.25, 0.3) is 0 Å². The maximum atomic E-state index is 11.8. The van der Waals surface area contributed by atoms with E-state index in [2.05, 4.69) is 4.90 Å². The molecule has 2 aliphatic heterocycles. The van der Waals surface area contributed by atoms with Crippen LogP contribution in [0.2, 0.25) is 0 Å². The molecule has 0 aromatic rings. The third-order valence-corrected chi connectivity index (χ3v) is 2.92. The van der Waals surface area contributed by atoms with Crippen LogP contribution >= 0.6 is 0 Å².